The Morgan fingerprint density at radius 2 is 1.94 bits per heavy atom. The van der Waals surface area contributed by atoms with E-state index in [0.29, 0.717) is 5.75 Å². The molecule has 0 saturated carbocycles. The minimum atomic E-state index is -0.418. The van der Waals surface area contributed by atoms with Gasteiger partial charge in [-0.2, -0.15) is 4.94 Å². The molecule has 1 heterocycles. The van der Waals surface area contributed by atoms with E-state index in [0.717, 1.165) is 16.9 Å². The van der Waals surface area contributed by atoms with E-state index in [2.05, 4.69) is 4.94 Å². The first-order valence-corrected chi connectivity index (χ1v) is 5.87. The van der Waals surface area contributed by atoms with E-state index >= 15 is 0 Å². The number of halogens is 1. The zero-order valence-corrected chi connectivity index (χ0v) is 10.00. The summed E-state index contributed by atoms with van der Waals surface area (Å²) in [6, 6.07) is 7.58. The Kier molecular flexibility index (Phi) is 3.95. The van der Waals surface area contributed by atoms with Crippen LogP contribution in [0.15, 0.2) is 35.0 Å². The molecule has 0 radical (unpaired) electrons. The van der Waals surface area contributed by atoms with Crippen LogP contribution in [0.1, 0.15) is 0 Å². The molecule has 0 atom stereocenters. The van der Waals surface area contributed by atoms with Crippen molar-refractivity contribution in [2.75, 3.05) is 13.9 Å². The number of hydrogen-bond acceptors (Lipinski definition) is 4. The molecule has 0 N–H and O–H groups in total. The van der Waals surface area contributed by atoms with E-state index in [1.165, 1.54) is 11.3 Å². The van der Waals surface area contributed by atoms with Gasteiger partial charge in [0.2, 0.25) is 6.79 Å². The Labute approximate surface area is 102 Å². The van der Waals surface area contributed by atoms with Crippen molar-refractivity contribution >= 4 is 11.3 Å². The van der Waals surface area contributed by atoms with Crippen molar-refractivity contribution < 1.29 is 18.9 Å². The topological polar surface area (TPSA) is 27.7 Å². The van der Waals surface area contributed by atoms with Crippen molar-refractivity contribution in [1.82, 2.24) is 0 Å². The first-order valence-electron chi connectivity index (χ1n) is 4.92. The number of thiophene rings is 1. The van der Waals surface area contributed by atoms with Crippen molar-refractivity contribution in [2.45, 2.75) is 0 Å². The fraction of sp³-hybridized carbons (Fsp3) is 0.167. The third-order valence-corrected chi connectivity index (χ3v) is 3.00. The number of para-hydroxylation sites is 1. The van der Waals surface area contributed by atoms with Crippen molar-refractivity contribution in [3.8, 4) is 22.6 Å². The summed E-state index contributed by atoms with van der Waals surface area (Å²) in [5.41, 5.74) is 1.77. The molecule has 0 unspecified atom stereocenters. The normalized spacial score (nSPS) is 10.2. The van der Waals surface area contributed by atoms with Crippen LogP contribution in [0.5, 0.6) is 11.5 Å². The molecule has 2 rings (SSSR count). The lowest BCUT2D eigenvalue weighted by atomic mass is 10.1. The van der Waals surface area contributed by atoms with Crippen molar-refractivity contribution in [3.05, 3.63) is 35.0 Å². The highest BCUT2D eigenvalue weighted by atomic mass is 32.1. The Morgan fingerprint density at radius 1 is 1.12 bits per heavy atom. The average Bonchev–Trinajstić information content (AvgIpc) is 2.84. The second-order valence-electron chi connectivity index (χ2n) is 3.22. The minimum Gasteiger partial charge on any atom is -0.496 e. The fourth-order valence-corrected chi connectivity index (χ4v) is 2.31. The van der Waals surface area contributed by atoms with Gasteiger partial charge in [0.1, 0.15) is 11.5 Å². The van der Waals surface area contributed by atoms with Crippen LogP contribution < -0.4 is 9.47 Å². The second-order valence-corrected chi connectivity index (χ2v) is 3.96. The van der Waals surface area contributed by atoms with Gasteiger partial charge in [0.05, 0.1) is 7.11 Å². The first-order chi connectivity index (χ1) is 8.36. The van der Waals surface area contributed by atoms with Crippen LogP contribution in [0.2, 0.25) is 0 Å². The van der Waals surface area contributed by atoms with Crippen LogP contribution >= 0.6 is 11.3 Å². The van der Waals surface area contributed by atoms with E-state index in [-0.39, 0.29) is 0 Å². The Hall–Kier alpha value is -1.59. The maximum absolute atomic E-state index is 11.6. The second kappa shape index (κ2) is 5.65. The maximum Gasteiger partial charge on any atom is 0.226 e. The van der Waals surface area contributed by atoms with Gasteiger partial charge in [0.15, 0.2) is 0 Å². The number of benzene rings is 1. The third-order valence-electron chi connectivity index (χ3n) is 2.28. The highest BCUT2D eigenvalue weighted by Gasteiger charge is 2.12. The molecule has 2 aromatic rings. The predicted molar refractivity (Wildman–Crippen MR) is 64.0 cm³/mol. The Balaban J connectivity index is 2.35. The maximum atomic E-state index is 11.6. The predicted octanol–water partition coefficient (Wildman–Crippen LogP) is 3.66. The lowest BCUT2D eigenvalue weighted by molar-refractivity contribution is -0.183. The lowest BCUT2D eigenvalue weighted by Crippen LogP contribution is -1.97. The van der Waals surface area contributed by atoms with Gasteiger partial charge in [-0.3, -0.25) is 0 Å². The summed E-state index contributed by atoms with van der Waals surface area (Å²) in [4.78, 5) is 3.41. The highest BCUT2D eigenvalue weighted by Crippen LogP contribution is 2.38. The van der Waals surface area contributed by atoms with E-state index < -0.39 is 6.79 Å². The average molecular weight is 254 g/mol. The van der Waals surface area contributed by atoms with Crippen LogP contribution in [-0.4, -0.2) is 13.9 Å². The molecule has 3 nitrogen and oxygen atoms in total. The summed E-state index contributed by atoms with van der Waals surface area (Å²) in [5, 5.41) is 3.71. The third kappa shape index (κ3) is 2.57. The molecule has 0 bridgehead atoms. The molecular formula is C12H11FO3S. The van der Waals surface area contributed by atoms with Gasteiger partial charge >= 0.3 is 0 Å². The van der Waals surface area contributed by atoms with Gasteiger partial charge in [-0.1, -0.05) is 18.2 Å². The molecule has 5 heteroatoms. The van der Waals surface area contributed by atoms with Crippen LogP contribution in [0, 0.1) is 0 Å². The molecule has 0 aliphatic heterocycles. The zero-order valence-electron chi connectivity index (χ0n) is 9.18. The SMILES string of the molecule is COc1ccccc1-c1cscc1OCOF. The van der Waals surface area contributed by atoms with Crippen LogP contribution in [-0.2, 0) is 4.94 Å². The number of hydrogen-bond donors (Lipinski definition) is 0. The summed E-state index contributed by atoms with van der Waals surface area (Å²) in [6.07, 6.45) is 0. The quantitative estimate of drug-likeness (QED) is 0.762. The summed E-state index contributed by atoms with van der Waals surface area (Å²) < 4.78 is 22.0. The van der Waals surface area contributed by atoms with Gasteiger partial charge < -0.3 is 9.47 Å². The molecule has 1 aromatic carbocycles. The molecule has 0 saturated heterocycles. The van der Waals surface area contributed by atoms with Gasteiger partial charge in [-0.15, -0.1) is 11.3 Å². The van der Waals surface area contributed by atoms with Gasteiger partial charge in [0.25, 0.3) is 0 Å². The standard InChI is InChI=1S/C12H11FO3S/c1-14-11-5-3-2-4-9(11)10-6-17-7-12(10)15-8-16-13/h2-7H,8H2,1H3. The van der Waals surface area contributed by atoms with Crippen molar-refractivity contribution in [1.29, 1.82) is 0 Å². The Morgan fingerprint density at radius 3 is 2.71 bits per heavy atom. The van der Waals surface area contributed by atoms with Crippen LogP contribution in [0.4, 0.5) is 4.53 Å². The monoisotopic (exact) mass is 254 g/mol. The fourth-order valence-electron chi connectivity index (χ4n) is 1.55. The largest absolute Gasteiger partial charge is 0.496 e. The molecule has 90 valence electrons. The minimum absolute atomic E-state index is 0.418. The lowest BCUT2D eigenvalue weighted by Gasteiger charge is -2.09. The van der Waals surface area contributed by atoms with Crippen LogP contribution in [0.25, 0.3) is 11.1 Å². The van der Waals surface area contributed by atoms with Gasteiger partial charge in [0, 0.05) is 21.9 Å². The Bertz CT molecular complexity index is 484. The molecular weight excluding hydrogens is 243 g/mol. The van der Waals surface area contributed by atoms with E-state index in [1.807, 2.05) is 29.6 Å². The van der Waals surface area contributed by atoms with Gasteiger partial charge in [-0.25, -0.2) is 0 Å². The van der Waals surface area contributed by atoms with E-state index in [9.17, 15) is 4.53 Å². The van der Waals surface area contributed by atoms with E-state index in [1.54, 1.807) is 12.5 Å². The van der Waals surface area contributed by atoms with E-state index in [4.69, 9.17) is 9.47 Å². The molecule has 0 amide bonds. The number of methoxy groups -OCH3 is 1. The summed E-state index contributed by atoms with van der Waals surface area (Å²) in [5.74, 6) is 1.33. The van der Waals surface area contributed by atoms with Crippen molar-refractivity contribution in [2.24, 2.45) is 0 Å². The van der Waals surface area contributed by atoms with Gasteiger partial charge in [-0.05, 0) is 10.6 Å². The highest BCUT2D eigenvalue weighted by molar-refractivity contribution is 7.08. The molecule has 1 aromatic heterocycles. The van der Waals surface area contributed by atoms with Crippen LogP contribution in [0.3, 0.4) is 0 Å². The molecule has 0 aliphatic rings. The molecule has 0 spiro atoms. The first kappa shape index (κ1) is 11.9. The summed E-state index contributed by atoms with van der Waals surface area (Å²) in [7, 11) is 1.61. The van der Waals surface area contributed by atoms with Crippen molar-refractivity contribution in [3.63, 3.8) is 0 Å². The zero-order chi connectivity index (χ0) is 12.1. The number of rotatable bonds is 5. The number of ether oxygens (including phenoxy) is 2. The molecule has 0 fully saturated rings. The molecule has 0 aliphatic carbocycles. The molecule has 17 heavy (non-hydrogen) atoms. The summed E-state index contributed by atoms with van der Waals surface area (Å²) >= 11 is 1.47. The summed E-state index contributed by atoms with van der Waals surface area (Å²) in [6.45, 7) is -0.418. The smallest absolute Gasteiger partial charge is 0.226 e.